The highest BCUT2D eigenvalue weighted by Gasteiger charge is 2.33. The van der Waals surface area contributed by atoms with Crippen molar-refractivity contribution in [1.29, 1.82) is 5.26 Å². The average molecular weight is 736 g/mol. The minimum Gasteiger partial charge on any atom is -0.494 e. The largest absolute Gasteiger partial charge is 0.494 e. The van der Waals surface area contributed by atoms with E-state index in [0.717, 1.165) is 14.7 Å². The molecule has 45 heavy (non-hydrogen) atoms. The van der Waals surface area contributed by atoms with Crippen molar-refractivity contribution in [2.24, 2.45) is 4.99 Å². The molecule has 0 spiro atoms. The summed E-state index contributed by atoms with van der Waals surface area (Å²) >= 11 is 3.43. The average Bonchev–Trinajstić information content (AvgIpc) is 3.34. The highest BCUT2D eigenvalue weighted by atomic mass is 127. The number of methoxy groups -OCH3 is 1. The second-order valence-electron chi connectivity index (χ2n) is 9.93. The van der Waals surface area contributed by atoms with Crippen molar-refractivity contribution in [2.75, 3.05) is 20.3 Å². The Morgan fingerprint density at radius 2 is 1.82 bits per heavy atom. The van der Waals surface area contributed by atoms with Crippen LogP contribution in [0, 0.1) is 14.9 Å². The molecule has 0 saturated heterocycles. The molecule has 0 bridgehead atoms. The van der Waals surface area contributed by atoms with Crippen LogP contribution in [0.2, 0.25) is 0 Å². The van der Waals surface area contributed by atoms with E-state index in [0.29, 0.717) is 55.6 Å². The third kappa shape index (κ3) is 6.82. The first-order valence-electron chi connectivity index (χ1n) is 14.2. The van der Waals surface area contributed by atoms with E-state index in [4.69, 9.17) is 24.2 Å². The number of thiazole rings is 1. The Kier molecular flexibility index (Phi) is 10.0. The standard InChI is InChI=1S/C34H30IN3O6S/c1-5-42-26-13-11-23(12-14-26)30-29(33(40)43-6-2)20(3)37-34-38(30)32(39)28(45-34)16-24-15-25(35)17-27(41-4)31(24)44-19-22-9-7-21(18-36)8-10-22/h7-17,30H,5-6,19H2,1-4H3/b28-16-/t30-/m0/s1. The lowest BCUT2D eigenvalue weighted by molar-refractivity contribution is -0.139. The molecule has 0 N–H and O–H groups in total. The molecular weight excluding hydrogens is 705 g/mol. The van der Waals surface area contributed by atoms with Crippen molar-refractivity contribution in [1.82, 2.24) is 4.57 Å². The maximum absolute atomic E-state index is 14.2. The summed E-state index contributed by atoms with van der Waals surface area (Å²) in [6.07, 6.45) is 1.77. The molecular formula is C34H30IN3O6S. The number of esters is 1. The zero-order chi connectivity index (χ0) is 32.1. The van der Waals surface area contributed by atoms with Gasteiger partial charge in [0.25, 0.3) is 5.56 Å². The maximum atomic E-state index is 14.2. The summed E-state index contributed by atoms with van der Waals surface area (Å²) < 4.78 is 25.8. The van der Waals surface area contributed by atoms with Crippen LogP contribution in [-0.4, -0.2) is 30.9 Å². The van der Waals surface area contributed by atoms with E-state index in [-0.39, 0.29) is 18.8 Å². The quantitative estimate of drug-likeness (QED) is 0.161. The van der Waals surface area contributed by atoms with E-state index in [2.05, 4.69) is 33.7 Å². The van der Waals surface area contributed by atoms with Gasteiger partial charge in [-0.3, -0.25) is 9.36 Å². The van der Waals surface area contributed by atoms with Crippen molar-refractivity contribution >= 4 is 46.0 Å². The highest BCUT2D eigenvalue weighted by Crippen LogP contribution is 2.35. The first-order valence-corrected chi connectivity index (χ1v) is 16.1. The molecule has 3 aromatic carbocycles. The number of carbonyl (C=O) groups is 1. The number of nitriles is 1. The Hall–Kier alpha value is -4.41. The van der Waals surface area contributed by atoms with Gasteiger partial charge in [0, 0.05) is 9.13 Å². The van der Waals surface area contributed by atoms with Gasteiger partial charge in [-0.25, -0.2) is 9.79 Å². The number of ether oxygens (including phenoxy) is 4. The zero-order valence-corrected chi connectivity index (χ0v) is 28.1. The second-order valence-corrected chi connectivity index (χ2v) is 12.2. The molecule has 11 heteroatoms. The van der Waals surface area contributed by atoms with Crippen LogP contribution in [0.15, 0.2) is 81.7 Å². The van der Waals surface area contributed by atoms with E-state index >= 15 is 0 Å². The number of hydrogen-bond donors (Lipinski definition) is 0. The van der Waals surface area contributed by atoms with Gasteiger partial charge in [0.15, 0.2) is 16.3 Å². The fraction of sp³-hybridized carbons (Fsp3) is 0.235. The monoisotopic (exact) mass is 735 g/mol. The Morgan fingerprint density at radius 3 is 2.47 bits per heavy atom. The van der Waals surface area contributed by atoms with Crippen molar-refractivity contribution in [3.8, 4) is 23.3 Å². The zero-order valence-electron chi connectivity index (χ0n) is 25.1. The van der Waals surface area contributed by atoms with E-state index in [1.165, 1.54) is 11.3 Å². The molecule has 5 rings (SSSR count). The van der Waals surface area contributed by atoms with Gasteiger partial charge in [0.1, 0.15) is 12.4 Å². The summed E-state index contributed by atoms with van der Waals surface area (Å²) in [5.41, 5.74) is 3.30. The lowest BCUT2D eigenvalue weighted by Crippen LogP contribution is -2.39. The smallest absolute Gasteiger partial charge is 0.338 e. The van der Waals surface area contributed by atoms with Gasteiger partial charge >= 0.3 is 5.97 Å². The number of hydrogen-bond acceptors (Lipinski definition) is 9. The number of rotatable bonds is 10. The third-order valence-corrected chi connectivity index (χ3v) is 8.65. The van der Waals surface area contributed by atoms with Gasteiger partial charge in [-0.1, -0.05) is 35.6 Å². The molecule has 1 aromatic heterocycles. The van der Waals surface area contributed by atoms with Crippen molar-refractivity contribution < 1.29 is 23.7 Å². The Morgan fingerprint density at radius 1 is 1.09 bits per heavy atom. The van der Waals surface area contributed by atoms with Crippen LogP contribution in [0.25, 0.3) is 6.08 Å². The van der Waals surface area contributed by atoms with E-state index in [1.54, 1.807) is 43.7 Å². The third-order valence-electron chi connectivity index (χ3n) is 7.04. The fourth-order valence-corrected chi connectivity index (χ4v) is 6.65. The Balaban J connectivity index is 1.63. The predicted molar refractivity (Wildman–Crippen MR) is 179 cm³/mol. The SMILES string of the molecule is CCOC(=O)C1=C(C)N=c2s/c(=C\c3cc(I)cc(OC)c3OCc3ccc(C#N)cc3)c(=O)n2[C@H]1c1ccc(OCC)cc1. The van der Waals surface area contributed by atoms with Gasteiger partial charge in [-0.15, -0.1) is 0 Å². The minimum atomic E-state index is -0.740. The van der Waals surface area contributed by atoms with Crippen LogP contribution in [0.1, 0.15) is 49.1 Å². The number of carbonyl (C=O) groups excluding carboxylic acids is 1. The van der Waals surface area contributed by atoms with Gasteiger partial charge in [-0.2, -0.15) is 5.26 Å². The van der Waals surface area contributed by atoms with Gasteiger partial charge in [0.2, 0.25) is 0 Å². The number of fused-ring (bicyclic) bond motifs is 1. The number of benzene rings is 3. The van der Waals surface area contributed by atoms with Crippen molar-refractivity contribution in [3.05, 3.63) is 117 Å². The molecule has 9 nitrogen and oxygen atoms in total. The normalized spacial score (nSPS) is 14.3. The molecule has 230 valence electrons. The maximum Gasteiger partial charge on any atom is 0.338 e. The van der Waals surface area contributed by atoms with Gasteiger partial charge < -0.3 is 18.9 Å². The van der Waals surface area contributed by atoms with Crippen molar-refractivity contribution in [3.63, 3.8) is 0 Å². The van der Waals surface area contributed by atoms with Crippen LogP contribution < -0.4 is 29.1 Å². The molecule has 0 saturated carbocycles. The lowest BCUT2D eigenvalue weighted by atomic mass is 9.96. The topological polar surface area (TPSA) is 112 Å². The van der Waals surface area contributed by atoms with Crippen LogP contribution in [-0.2, 0) is 16.1 Å². The molecule has 0 unspecified atom stereocenters. The van der Waals surface area contributed by atoms with E-state index in [9.17, 15) is 9.59 Å². The van der Waals surface area contributed by atoms with E-state index in [1.807, 2.05) is 55.5 Å². The van der Waals surface area contributed by atoms with Crippen LogP contribution in [0.4, 0.5) is 0 Å². The molecule has 2 heterocycles. The first kappa shape index (κ1) is 32.0. The number of aromatic nitrogens is 1. The van der Waals surface area contributed by atoms with Gasteiger partial charge in [-0.05, 0) is 97.0 Å². The molecule has 1 aliphatic heterocycles. The molecule has 4 aromatic rings. The molecule has 0 radical (unpaired) electrons. The summed E-state index contributed by atoms with van der Waals surface area (Å²) in [6.45, 7) is 6.34. The molecule has 0 fully saturated rings. The minimum absolute atomic E-state index is 0.190. The number of nitrogens with zero attached hydrogens (tertiary/aromatic N) is 3. The summed E-state index contributed by atoms with van der Waals surface area (Å²) in [6, 6.07) is 19.6. The van der Waals surface area contributed by atoms with E-state index < -0.39 is 12.0 Å². The highest BCUT2D eigenvalue weighted by molar-refractivity contribution is 14.1. The summed E-state index contributed by atoms with van der Waals surface area (Å²) in [5, 5.41) is 9.12. The summed E-state index contributed by atoms with van der Waals surface area (Å²) in [5.74, 6) is 1.16. The molecule has 1 aliphatic rings. The lowest BCUT2D eigenvalue weighted by Gasteiger charge is -2.24. The molecule has 0 amide bonds. The Bertz CT molecular complexity index is 1990. The van der Waals surface area contributed by atoms with Gasteiger partial charge in [0.05, 0.1) is 53.8 Å². The summed E-state index contributed by atoms with van der Waals surface area (Å²) in [4.78, 5) is 32.5. The molecule has 0 aliphatic carbocycles. The van der Waals surface area contributed by atoms with Crippen LogP contribution in [0.5, 0.6) is 17.2 Å². The number of allylic oxidation sites excluding steroid dienone is 1. The first-order chi connectivity index (χ1) is 21.8. The second kappa shape index (κ2) is 14.1. The number of halogens is 1. The van der Waals surface area contributed by atoms with Crippen molar-refractivity contribution in [2.45, 2.75) is 33.4 Å². The van der Waals surface area contributed by atoms with Crippen LogP contribution >= 0.6 is 33.9 Å². The fourth-order valence-electron chi connectivity index (χ4n) is 4.99. The molecule has 1 atom stereocenters. The predicted octanol–water partition coefficient (Wildman–Crippen LogP) is 5.26. The Labute approximate surface area is 277 Å². The summed E-state index contributed by atoms with van der Waals surface area (Å²) in [7, 11) is 1.56. The van der Waals surface area contributed by atoms with Crippen LogP contribution in [0.3, 0.4) is 0 Å².